The van der Waals surface area contributed by atoms with E-state index in [1.807, 2.05) is 13.8 Å². The van der Waals surface area contributed by atoms with Gasteiger partial charge in [-0.3, -0.25) is 0 Å². The van der Waals surface area contributed by atoms with Crippen molar-refractivity contribution in [3.63, 3.8) is 0 Å². The first kappa shape index (κ1) is 14.9. The van der Waals surface area contributed by atoms with Gasteiger partial charge in [0, 0.05) is 5.75 Å². The van der Waals surface area contributed by atoms with Crippen molar-refractivity contribution in [2.24, 2.45) is 11.8 Å². The van der Waals surface area contributed by atoms with Crippen LogP contribution < -0.4 is 0 Å². The lowest BCUT2D eigenvalue weighted by atomic mass is 10.2. The minimum Gasteiger partial charge on any atom is -0.337 e. The molecule has 0 rings (SSSR count). The Kier molecular flexibility index (Phi) is 7.71. The largest absolute Gasteiger partial charge is 0.337 e. The molecule has 0 amide bonds. The van der Waals surface area contributed by atoms with E-state index in [-0.39, 0.29) is 0 Å². The summed E-state index contributed by atoms with van der Waals surface area (Å²) in [5.41, 5.74) is -2.55. The summed E-state index contributed by atoms with van der Waals surface area (Å²) in [6.45, 7) is 8.98. The fraction of sp³-hybridized carbons (Fsp3) is 1.00. The van der Waals surface area contributed by atoms with Gasteiger partial charge in [0.25, 0.3) is 0 Å². The van der Waals surface area contributed by atoms with Crippen molar-refractivity contribution in [1.82, 2.24) is 0 Å². The monoisotopic (exact) mass is 256 g/mol. The van der Waals surface area contributed by atoms with Crippen LogP contribution in [0.2, 0.25) is 0 Å². The van der Waals surface area contributed by atoms with E-state index in [0.29, 0.717) is 18.4 Å². The molecule has 0 radical (unpaired) electrons. The summed E-state index contributed by atoms with van der Waals surface area (Å²) < 4.78 is 5.32. The van der Waals surface area contributed by atoms with E-state index in [4.69, 9.17) is 16.3 Å². The summed E-state index contributed by atoms with van der Waals surface area (Å²) in [4.78, 5) is 9.74. The Hall–Kier alpha value is 0.920. The third-order valence-corrected chi connectivity index (χ3v) is 5.85. The third-order valence-electron chi connectivity index (χ3n) is 1.52. The minimum atomic E-state index is -2.55. The molecule has 0 aliphatic heterocycles. The maximum absolute atomic E-state index is 9.74. The molecule has 5 heteroatoms. The van der Waals surface area contributed by atoms with Gasteiger partial charge in [-0.15, -0.1) is 0 Å². The Balaban J connectivity index is 3.67. The number of hydrogen-bond donors (Lipinski definition) is 1. The highest BCUT2D eigenvalue weighted by Crippen LogP contribution is 2.56. The van der Waals surface area contributed by atoms with E-state index in [1.54, 1.807) is 0 Å². The van der Waals surface area contributed by atoms with Crippen LogP contribution in [-0.2, 0) is 16.3 Å². The molecular weight excluding hydrogens is 235 g/mol. The molecule has 86 valence electrons. The Bertz CT molecular complexity index is 195. The lowest BCUT2D eigenvalue weighted by Gasteiger charge is -2.16. The molecule has 2 nitrogen and oxygen atoms in total. The van der Waals surface area contributed by atoms with E-state index in [2.05, 4.69) is 13.8 Å². The van der Waals surface area contributed by atoms with E-state index < -0.39 is 5.69 Å². The zero-order valence-corrected chi connectivity index (χ0v) is 11.9. The van der Waals surface area contributed by atoms with Crippen LogP contribution >= 0.6 is 17.1 Å². The average molecular weight is 256 g/mol. The topological polar surface area (TPSA) is 29.5 Å². The zero-order chi connectivity index (χ0) is 11.2. The van der Waals surface area contributed by atoms with E-state index >= 15 is 0 Å². The van der Waals surface area contributed by atoms with E-state index in [9.17, 15) is 4.89 Å². The average Bonchev–Trinajstić information content (AvgIpc) is 2.00. The Morgan fingerprint density at radius 2 is 1.86 bits per heavy atom. The zero-order valence-electron chi connectivity index (χ0n) is 9.40. The van der Waals surface area contributed by atoms with Crippen LogP contribution in [0, 0.1) is 11.8 Å². The quantitative estimate of drug-likeness (QED) is 0.704. The molecule has 0 spiro atoms. The Morgan fingerprint density at radius 3 is 2.29 bits per heavy atom. The third kappa shape index (κ3) is 9.47. The molecule has 1 unspecified atom stereocenters. The highest BCUT2D eigenvalue weighted by molar-refractivity contribution is 8.67. The van der Waals surface area contributed by atoms with Gasteiger partial charge in [-0.05, 0) is 30.1 Å². The van der Waals surface area contributed by atoms with Gasteiger partial charge >= 0.3 is 0 Å². The van der Waals surface area contributed by atoms with Crippen LogP contribution in [0.4, 0.5) is 0 Å². The van der Waals surface area contributed by atoms with Gasteiger partial charge in [0.05, 0.1) is 6.61 Å². The van der Waals surface area contributed by atoms with Crippen LogP contribution in [0.3, 0.4) is 0 Å². The second-order valence-corrected chi connectivity index (χ2v) is 10.5. The maximum atomic E-state index is 9.74. The molecule has 0 aliphatic carbocycles. The maximum Gasteiger partial charge on any atom is 0.244 e. The SMILES string of the molecule is CC(C)CCSP(O)(=S)OCC(C)C. The molecule has 1 atom stereocenters. The molecule has 1 N–H and O–H groups in total. The normalized spacial score (nSPS) is 16.2. The predicted molar refractivity (Wildman–Crippen MR) is 69.2 cm³/mol. The first-order valence-corrected chi connectivity index (χ1v) is 9.21. The fourth-order valence-electron chi connectivity index (χ4n) is 0.684. The summed E-state index contributed by atoms with van der Waals surface area (Å²) in [6, 6.07) is 0. The highest BCUT2D eigenvalue weighted by atomic mass is 32.9. The van der Waals surface area contributed by atoms with Crippen LogP contribution in [-0.4, -0.2) is 17.3 Å². The molecule has 0 aromatic carbocycles. The van der Waals surface area contributed by atoms with Crippen LogP contribution in [0.1, 0.15) is 34.1 Å². The first-order valence-electron chi connectivity index (χ1n) is 4.95. The summed E-state index contributed by atoms with van der Waals surface area (Å²) in [6.07, 6.45) is 1.08. The summed E-state index contributed by atoms with van der Waals surface area (Å²) >= 11 is 6.43. The molecule has 14 heavy (non-hydrogen) atoms. The van der Waals surface area contributed by atoms with Gasteiger partial charge in [-0.2, -0.15) is 0 Å². The number of hydrogen-bond acceptors (Lipinski definition) is 3. The standard InChI is InChI=1S/C9H21O2PS2/c1-8(2)5-6-14-12(10,13)11-7-9(3)4/h8-9H,5-7H2,1-4H3,(H,10,13). The fourth-order valence-corrected chi connectivity index (χ4v) is 4.32. The smallest absolute Gasteiger partial charge is 0.244 e. The first-order chi connectivity index (χ1) is 6.33. The number of rotatable bonds is 7. The lowest BCUT2D eigenvalue weighted by molar-refractivity contribution is 0.275. The van der Waals surface area contributed by atoms with Crippen LogP contribution in [0.25, 0.3) is 0 Å². The second-order valence-electron chi connectivity index (χ2n) is 4.17. The van der Waals surface area contributed by atoms with Gasteiger partial charge in [0.15, 0.2) is 0 Å². The van der Waals surface area contributed by atoms with Crippen molar-refractivity contribution in [3.8, 4) is 0 Å². The van der Waals surface area contributed by atoms with Gasteiger partial charge in [0.2, 0.25) is 5.69 Å². The van der Waals surface area contributed by atoms with Crippen LogP contribution in [0.15, 0.2) is 0 Å². The predicted octanol–water partition coefficient (Wildman–Crippen LogP) is 3.66. The molecule has 0 bridgehead atoms. The Morgan fingerprint density at radius 1 is 1.29 bits per heavy atom. The second kappa shape index (κ2) is 7.24. The van der Waals surface area contributed by atoms with Crippen molar-refractivity contribution in [2.75, 3.05) is 12.4 Å². The Labute approximate surface area is 96.7 Å². The minimum absolute atomic E-state index is 0.426. The van der Waals surface area contributed by atoms with Gasteiger partial charge in [0.1, 0.15) is 0 Å². The van der Waals surface area contributed by atoms with Crippen molar-refractivity contribution < 1.29 is 9.42 Å². The molecule has 0 heterocycles. The van der Waals surface area contributed by atoms with Gasteiger partial charge in [-0.1, -0.05) is 39.1 Å². The van der Waals surface area contributed by atoms with E-state index in [1.165, 1.54) is 11.4 Å². The summed E-state index contributed by atoms with van der Waals surface area (Å²) in [5, 5.41) is 0. The van der Waals surface area contributed by atoms with Crippen molar-refractivity contribution in [3.05, 3.63) is 0 Å². The molecule has 0 aliphatic rings. The molecule has 0 aromatic heterocycles. The van der Waals surface area contributed by atoms with Crippen molar-refractivity contribution in [1.29, 1.82) is 0 Å². The van der Waals surface area contributed by atoms with Gasteiger partial charge < -0.3 is 9.42 Å². The van der Waals surface area contributed by atoms with E-state index in [0.717, 1.165) is 12.2 Å². The summed E-state index contributed by atoms with van der Waals surface area (Å²) in [5.74, 6) is 1.97. The molecular formula is C9H21O2PS2. The van der Waals surface area contributed by atoms with Crippen LogP contribution in [0.5, 0.6) is 0 Å². The molecule has 0 aromatic rings. The highest BCUT2D eigenvalue weighted by Gasteiger charge is 2.15. The molecule has 0 fully saturated rings. The molecule has 0 saturated carbocycles. The summed E-state index contributed by atoms with van der Waals surface area (Å²) in [7, 11) is 0. The van der Waals surface area contributed by atoms with Gasteiger partial charge in [-0.25, -0.2) is 0 Å². The van der Waals surface area contributed by atoms with Crippen molar-refractivity contribution in [2.45, 2.75) is 34.1 Å². The molecule has 0 saturated heterocycles. The lowest BCUT2D eigenvalue weighted by Crippen LogP contribution is -1.99. The van der Waals surface area contributed by atoms with Crippen molar-refractivity contribution >= 4 is 28.9 Å².